The van der Waals surface area contributed by atoms with Crippen LogP contribution in [0.15, 0.2) is 12.1 Å². The molecule has 12 heavy (non-hydrogen) atoms. The number of alkyl halides is 1. The Kier molecular flexibility index (Phi) is 2.63. The first-order valence-electron chi connectivity index (χ1n) is 3.17. The highest BCUT2D eigenvalue weighted by atomic mass is 35.5. The fraction of sp³-hybridized carbons (Fsp3) is 0.125. The lowest BCUT2D eigenvalue weighted by Gasteiger charge is -1.95. The molecule has 0 saturated carbocycles. The quantitative estimate of drug-likeness (QED) is 0.612. The van der Waals surface area contributed by atoms with Crippen LogP contribution in [-0.2, 0) is 5.88 Å². The molecule has 1 aromatic rings. The Morgan fingerprint density at radius 3 is 2.58 bits per heavy atom. The van der Waals surface area contributed by atoms with Crippen LogP contribution in [0.1, 0.15) is 17.0 Å². The second-order valence-corrected chi connectivity index (χ2v) is 2.36. The Balaban J connectivity index is 3.24. The molecular weight excluding hydrogens is 174 g/mol. The van der Waals surface area contributed by atoms with Crippen LogP contribution >= 0.6 is 11.6 Å². The number of aromatic nitrogens is 1. The fourth-order valence-corrected chi connectivity index (χ4v) is 0.915. The molecule has 1 rings (SSSR count). The predicted octanol–water partition coefficient (Wildman–Crippen LogP) is 1.56. The molecule has 1 heterocycles. The normalized spacial score (nSPS) is 8.58. The molecule has 0 spiro atoms. The van der Waals surface area contributed by atoms with Gasteiger partial charge in [0.05, 0.1) is 23.2 Å². The lowest BCUT2D eigenvalue weighted by atomic mass is 10.2. The molecule has 3 nitrogen and oxygen atoms in total. The van der Waals surface area contributed by atoms with Crippen LogP contribution in [0.2, 0.25) is 0 Å². The molecule has 0 aromatic carbocycles. The fourth-order valence-electron chi connectivity index (χ4n) is 0.778. The highest BCUT2D eigenvalue weighted by Crippen LogP contribution is 2.06. The average molecular weight is 178 g/mol. The molecule has 0 aliphatic carbocycles. The lowest BCUT2D eigenvalue weighted by Crippen LogP contribution is -1.91. The molecule has 0 radical (unpaired) electrons. The third-order valence-corrected chi connectivity index (χ3v) is 1.53. The van der Waals surface area contributed by atoms with E-state index in [2.05, 4.69) is 4.98 Å². The zero-order valence-corrected chi connectivity index (χ0v) is 6.84. The molecular formula is C8H4ClN3. The van der Waals surface area contributed by atoms with Gasteiger partial charge in [-0.25, -0.2) is 4.98 Å². The Labute approximate surface area is 74.8 Å². The van der Waals surface area contributed by atoms with Crippen molar-refractivity contribution in [2.45, 2.75) is 5.88 Å². The zero-order valence-electron chi connectivity index (χ0n) is 6.08. The summed E-state index contributed by atoms with van der Waals surface area (Å²) in [6, 6.07) is 6.77. The van der Waals surface area contributed by atoms with Crippen LogP contribution in [0.25, 0.3) is 0 Å². The highest BCUT2D eigenvalue weighted by Gasteiger charge is 2.00. The van der Waals surface area contributed by atoms with Gasteiger partial charge in [-0.3, -0.25) is 0 Å². The number of nitriles is 2. The van der Waals surface area contributed by atoms with E-state index in [1.165, 1.54) is 6.07 Å². The summed E-state index contributed by atoms with van der Waals surface area (Å²) in [6.45, 7) is 0. The number of halogens is 1. The van der Waals surface area contributed by atoms with Gasteiger partial charge >= 0.3 is 0 Å². The largest absolute Gasteiger partial charge is 0.241 e. The standard InChI is InChI=1S/C8H4ClN3/c9-3-7-1-6(4-10)2-8(5-11)12-7/h1-2H,3H2. The van der Waals surface area contributed by atoms with Crippen LogP contribution < -0.4 is 0 Å². The highest BCUT2D eigenvalue weighted by molar-refractivity contribution is 6.16. The van der Waals surface area contributed by atoms with Gasteiger partial charge in [-0.1, -0.05) is 0 Å². The van der Waals surface area contributed by atoms with Gasteiger partial charge in [0.1, 0.15) is 11.8 Å². The summed E-state index contributed by atoms with van der Waals surface area (Å²) in [7, 11) is 0. The first-order chi connectivity index (χ1) is 5.80. The second kappa shape index (κ2) is 3.71. The Hall–Kier alpha value is -1.58. The van der Waals surface area contributed by atoms with E-state index in [9.17, 15) is 0 Å². The number of rotatable bonds is 1. The van der Waals surface area contributed by atoms with Gasteiger partial charge in [-0.2, -0.15) is 10.5 Å². The second-order valence-electron chi connectivity index (χ2n) is 2.09. The van der Waals surface area contributed by atoms with Crippen molar-refractivity contribution in [2.24, 2.45) is 0 Å². The van der Waals surface area contributed by atoms with Crippen LogP contribution in [0.5, 0.6) is 0 Å². The van der Waals surface area contributed by atoms with E-state index in [4.69, 9.17) is 22.1 Å². The molecule has 0 aliphatic rings. The molecule has 4 heteroatoms. The van der Waals surface area contributed by atoms with E-state index in [-0.39, 0.29) is 11.6 Å². The molecule has 0 fully saturated rings. The summed E-state index contributed by atoms with van der Waals surface area (Å²) in [5.74, 6) is 0.213. The summed E-state index contributed by atoms with van der Waals surface area (Å²) < 4.78 is 0. The van der Waals surface area contributed by atoms with Crippen molar-refractivity contribution >= 4 is 11.6 Å². The molecule has 58 valence electrons. The number of pyridine rings is 1. The van der Waals surface area contributed by atoms with Crippen molar-refractivity contribution in [1.82, 2.24) is 4.98 Å². The molecule has 0 unspecified atom stereocenters. The Morgan fingerprint density at radius 2 is 2.08 bits per heavy atom. The molecule has 0 amide bonds. The van der Waals surface area contributed by atoms with E-state index >= 15 is 0 Å². The molecule has 1 aromatic heterocycles. The first kappa shape index (κ1) is 8.52. The predicted molar refractivity (Wildman–Crippen MR) is 43.2 cm³/mol. The SMILES string of the molecule is N#Cc1cc(C#N)nc(CCl)c1. The number of hydrogen-bond donors (Lipinski definition) is 0. The molecule has 0 bridgehead atoms. The van der Waals surface area contributed by atoms with E-state index in [1.807, 2.05) is 12.1 Å². The van der Waals surface area contributed by atoms with E-state index in [0.717, 1.165) is 0 Å². The van der Waals surface area contributed by atoms with Crippen LogP contribution in [-0.4, -0.2) is 4.98 Å². The summed E-state index contributed by atoms with van der Waals surface area (Å²) in [5, 5.41) is 17.1. The summed E-state index contributed by atoms with van der Waals surface area (Å²) in [5.41, 5.74) is 1.19. The average Bonchev–Trinajstić information content (AvgIpc) is 2.16. The van der Waals surface area contributed by atoms with Gasteiger partial charge in [-0.15, -0.1) is 11.6 Å². The molecule has 0 aliphatic heterocycles. The first-order valence-corrected chi connectivity index (χ1v) is 3.70. The van der Waals surface area contributed by atoms with Crippen molar-refractivity contribution in [2.75, 3.05) is 0 Å². The van der Waals surface area contributed by atoms with Crippen LogP contribution in [0.3, 0.4) is 0 Å². The topological polar surface area (TPSA) is 60.5 Å². The maximum Gasteiger partial charge on any atom is 0.142 e. The van der Waals surface area contributed by atoms with Crippen LogP contribution in [0.4, 0.5) is 0 Å². The maximum absolute atomic E-state index is 8.55. The Bertz CT molecular complexity index is 341. The van der Waals surface area contributed by atoms with Gasteiger partial charge in [0.25, 0.3) is 0 Å². The van der Waals surface area contributed by atoms with Gasteiger partial charge in [0, 0.05) is 0 Å². The van der Waals surface area contributed by atoms with Crippen molar-refractivity contribution in [3.05, 3.63) is 29.1 Å². The summed E-state index contributed by atoms with van der Waals surface area (Å²) in [4.78, 5) is 3.87. The third kappa shape index (κ3) is 1.72. The Morgan fingerprint density at radius 1 is 1.33 bits per heavy atom. The van der Waals surface area contributed by atoms with Gasteiger partial charge in [0.2, 0.25) is 0 Å². The zero-order chi connectivity index (χ0) is 8.97. The molecule has 0 saturated heterocycles. The number of nitrogens with zero attached hydrogens (tertiary/aromatic N) is 3. The van der Waals surface area contributed by atoms with Crippen molar-refractivity contribution in [1.29, 1.82) is 10.5 Å². The molecule has 0 atom stereocenters. The lowest BCUT2D eigenvalue weighted by molar-refractivity contribution is 1.13. The number of hydrogen-bond acceptors (Lipinski definition) is 3. The maximum atomic E-state index is 8.55. The van der Waals surface area contributed by atoms with Gasteiger partial charge in [-0.05, 0) is 12.1 Å². The van der Waals surface area contributed by atoms with E-state index in [0.29, 0.717) is 11.3 Å². The van der Waals surface area contributed by atoms with Crippen LogP contribution in [0, 0.1) is 22.7 Å². The van der Waals surface area contributed by atoms with Crippen molar-refractivity contribution in [3.8, 4) is 12.1 Å². The smallest absolute Gasteiger partial charge is 0.142 e. The minimum Gasteiger partial charge on any atom is -0.241 e. The summed E-state index contributed by atoms with van der Waals surface area (Å²) in [6.07, 6.45) is 0. The van der Waals surface area contributed by atoms with Gasteiger partial charge < -0.3 is 0 Å². The van der Waals surface area contributed by atoms with Crippen molar-refractivity contribution < 1.29 is 0 Å². The minimum atomic E-state index is 0.213. The van der Waals surface area contributed by atoms with Crippen molar-refractivity contribution in [3.63, 3.8) is 0 Å². The third-order valence-electron chi connectivity index (χ3n) is 1.26. The van der Waals surface area contributed by atoms with E-state index < -0.39 is 0 Å². The summed E-state index contributed by atoms with van der Waals surface area (Å²) >= 11 is 5.50. The van der Waals surface area contributed by atoms with Gasteiger partial charge in [0.15, 0.2) is 0 Å². The monoisotopic (exact) mass is 177 g/mol. The molecule has 0 N–H and O–H groups in total. The minimum absolute atomic E-state index is 0.213. The van der Waals surface area contributed by atoms with E-state index in [1.54, 1.807) is 6.07 Å².